The normalized spacial score (nSPS) is 24.9. The minimum atomic E-state index is -2.67. The summed E-state index contributed by atoms with van der Waals surface area (Å²) in [6.07, 6.45) is -10.0. The summed E-state index contributed by atoms with van der Waals surface area (Å²) in [6.45, 7) is 0. The minimum absolute atomic E-state index is 0. The van der Waals surface area contributed by atoms with Gasteiger partial charge >= 0.3 is 17.9 Å². The number of aliphatic carboxylic acids is 1. The highest BCUT2D eigenvalue weighted by Gasteiger charge is 2.42. The van der Waals surface area contributed by atoms with E-state index in [9.17, 15) is 24.3 Å². The minimum Gasteiger partial charge on any atom is -0.547 e. The van der Waals surface area contributed by atoms with Crippen LogP contribution in [0.15, 0.2) is 0 Å². The summed E-state index contributed by atoms with van der Waals surface area (Å²) in [5.41, 5.74) is 0. The zero-order valence-corrected chi connectivity index (χ0v) is 10.8. The second kappa shape index (κ2) is 7.59. The van der Waals surface area contributed by atoms with E-state index in [0.717, 1.165) is 0 Å². The fourth-order valence-electron chi connectivity index (χ4n) is 0.954. The first-order valence-corrected chi connectivity index (χ1v) is 5.03. The first-order valence-electron chi connectivity index (χ1n) is 5.03. The molecule has 0 radical (unpaired) electrons. The topological polar surface area (TPSA) is 240 Å². The third kappa shape index (κ3) is 4.32. The smallest absolute Gasteiger partial charge is 0.364 e. The number of quaternary nitrogens is 1. The molecule has 1 heterocycles. The highest BCUT2D eigenvalue weighted by atomic mass is 17.2. The van der Waals surface area contributed by atoms with Crippen molar-refractivity contribution in [2.45, 2.75) is 24.4 Å². The summed E-state index contributed by atoms with van der Waals surface area (Å²) in [4.78, 5) is 55.4. The number of carbonyl (C=O) groups is 4. The Labute approximate surface area is 120 Å². The molecule has 126 valence electrons. The summed E-state index contributed by atoms with van der Waals surface area (Å²) >= 11 is 0. The second-order valence-corrected chi connectivity index (χ2v) is 3.55. The molecule has 8 N–H and O–H groups in total. The molecule has 0 aromatic rings. The van der Waals surface area contributed by atoms with Crippen molar-refractivity contribution in [3.8, 4) is 0 Å². The lowest BCUT2D eigenvalue weighted by molar-refractivity contribution is -0.464. The van der Waals surface area contributed by atoms with E-state index in [1.807, 2.05) is 0 Å². The van der Waals surface area contributed by atoms with Crippen LogP contribution in [0.4, 0.5) is 0 Å². The Morgan fingerprint density at radius 3 is 1.86 bits per heavy atom. The van der Waals surface area contributed by atoms with Gasteiger partial charge in [0.05, 0.1) is 5.97 Å². The van der Waals surface area contributed by atoms with Gasteiger partial charge in [0, 0.05) is 0 Å². The van der Waals surface area contributed by atoms with Crippen molar-refractivity contribution in [3.63, 3.8) is 0 Å². The average Bonchev–Trinajstić information content (AvgIpc) is 2.50. The van der Waals surface area contributed by atoms with Crippen LogP contribution in [0.5, 0.6) is 0 Å². The van der Waals surface area contributed by atoms with E-state index < -0.39 is 53.7 Å². The van der Waals surface area contributed by atoms with Gasteiger partial charge in [-0.2, -0.15) is 0 Å². The number of rotatable bonds is 4. The summed E-state index contributed by atoms with van der Waals surface area (Å²) in [5, 5.41) is 45.6. The molecule has 1 fully saturated rings. The standard InChI is InChI=1S/C8H9NO12.H3N/c10-1(5(14)15)2(11)6(16)19-9-20-7(17)3(12)4(13)8(18)21-9;/h1-4,10-13H,(H,14,15);1H3. The molecule has 14 nitrogen and oxygen atoms in total. The summed E-state index contributed by atoms with van der Waals surface area (Å²) < 4.78 is 0. The van der Waals surface area contributed by atoms with Gasteiger partial charge in [0.15, 0.2) is 18.3 Å². The first-order chi connectivity index (χ1) is 9.65. The Balaban J connectivity index is 0.00000441. The number of hydrogen-bond donors (Lipinski definition) is 5. The van der Waals surface area contributed by atoms with E-state index in [1.165, 1.54) is 0 Å². The number of aliphatic hydroxyl groups excluding tert-OH is 4. The molecule has 0 saturated carbocycles. The third-order valence-electron chi connectivity index (χ3n) is 2.06. The number of hydrogen-bond acceptors (Lipinski definition) is 13. The Kier molecular flexibility index (Phi) is 6.78. The van der Waals surface area contributed by atoms with Gasteiger partial charge in [0.2, 0.25) is 5.39 Å². The van der Waals surface area contributed by atoms with Gasteiger partial charge in [-0.1, -0.05) is 0 Å². The van der Waals surface area contributed by atoms with E-state index in [2.05, 4.69) is 14.5 Å². The molecule has 22 heavy (non-hydrogen) atoms. The summed E-state index contributed by atoms with van der Waals surface area (Å²) in [5.74, 6) is -7.43. The fourth-order valence-corrected chi connectivity index (χ4v) is 0.954. The molecule has 1 aliphatic heterocycles. The Morgan fingerprint density at radius 1 is 1.09 bits per heavy atom. The van der Waals surface area contributed by atoms with Gasteiger partial charge in [0.1, 0.15) is 6.10 Å². The zero-order chi connectivity index (χ0) is 16.3. The molecule has 0 amide bonds. The van der Waals surface area contributed by atoms with Crippen LogP contribution in [0.3, 0.4) is 0 Å². The van der Waals surface area contributed by atoms with Crippen molar-refractivity contribution in [2.75, 3.05) is 0 Å². The van der Waals surface area contributed by atoms with Gasteiger partial charge in [-0.05, 0) is 0 Å². The van der Waals surface area contributed by atoms with Crippen LogP contribution in [-0.2, 0) is 33.7 Å². The van der Waals surface area contributed by atoms with Gasteiger partial charge in [0.25, 0.3) is 0 Å². The van der Waals surface area contributed by atoms with E-state index in [4.69, 9.17) is 20.4 Å². The van der Waals surface area contributed by atoms with E-state index >= 15 is 0 Å². The zero-order valence-electron chi connectivity index (χ0n) is 10.8. The monoisotopic (exact) mass is 328 g/mol. The van der Waals surface area contributed by atoms with Gasteiger partial charge in [-0.25, -0.2) is 14.4 Å². The molecule has 0 spiro atoms. The third-order valence-corrected chi connectivity index (χ3v) is 2.06. The number of carboxylic acids is 1. The number of nitrogens with zero attached hydrogens (tertiary/aromatic N) is 1. The van der Waals surface area contributed by atoms with Crippen LogP contribution >= 0.6 is 0 Å². The van der Waals surface area contributed by atoms with Crippen molar-refractivity contribution < 1.29 is 59.2 Å². The maximum Gasteiger partial charge on any atom is 0.364 e. The molecule has 14 heteroatoms. The highest BCUT2D eigenvalue weighted by molar-refractivity contribution is 5.86. The SMILES string of the molecule is O=C([O-])C(O)C(O)C(=O)ON1OC(=O)C(O)C(O)C(=O)O1.[NH4+]. The molecular formula is C8H12N2O12. The quantitative estimate of drug-likeness (QED) is 0.323. The predicted octanol–water partition coefficient (Wildman–Crippen LogP) is -5.75. The van der Waals surface area contributed by atoms with Gasteiger partial charge in [-0.15, -0.1) is 0 Å². The summed E-state index contributed by atoms with van der Waals surface area (Å²) in [7, 11) is 0. The van der Waals surface area contributed by atoms with Crippen molar-refractivity contribution in [1.82, 2.24) is 11.5 Å². The molecule has 1 saturated heterocycles. The predicted molar refractivity (Wildman–Crippen MR) is 55.1 cm³/mol. The first kappa shape index (κ1) is 19.6. The molecule has 0 aromatic carbocycles. The number of aliphatic hydroxyl groups is 4. The maximum atomic E-state index is 11.2. The van der Waals surface area contributed by atoms with Crippen molar-refractivity contribution in [1.29, 1.82) is 0 Å². The van der Waals surface area contributed by atoms with Crippen LogP contribution in [0.2, 0.25) is 0 Å². The van der Waals surface area contributed by atoms with Crippen molar-refractivity contribution in [2.24, 2.45) is 0 Å². The largest absolute Gasteiger partial charge is 0.547 e. The Bertz CT molecular complexity index is 444. The molecular weight excluding hydrogens is 316 g/mol. The highest BCUT2D eigenvalue weighted by Crippen LogP contribution is 2.11. The van der Waals surface area contributed by atoms with Crippen LogP contribution < -0.4 is 11.3 Å². The van der Waals surface area contributed by atoms with E-state index in [-0.39, 0.29) is 6.15 Å². The fraction of sp³-hybridized carbons (Fsp3) is 0.500. The lowest BCUT2D eigenvalue weighted by Crippen LogP contribution is -2.48. The molecule has 1 aliphatic rings. The molecule has 0 bridgehead atoms. The van der Waals surface area contributed by atoms with Crippen LogP contribution in [0.1, 0.15) is 0 Å². The number of carboxylic acid groups (broad SMARTS) is 1. The molecule has 0 aromatic heterocycles. The number of carbonyl (C=O) groups excluding carboxylic acids is 4. The van der Waals surface area contributed by atoms with E-state index in [0.29, 0.717) is 0 Å². The van der Waals surface area contributed by atoms with E-state index in [1.54, 1.807) is 0 Å². The van der Waals surface area contributed by atoms with Crippen LogP contribution in [0, 0.1) is 0 Å². The second-order valence-electron chi connectivity index (χ2n) is 3.55. The average molecular weight is 328 g/mol. The molecule has 0 aliphatic carbocycles. The van der Waals surface area contributed by atoms with Crippen molar-refractivity contribution >= 4 is 23.9 Å². The Morgan fingerprint density at radius 2 is 1.50 bits per heavy atom. The Hall–Kier alpha value is -2.36. The van der Waals surface area contributed by atoms with Crippen LogP contribution in [-0.4, -0.2) is 74.1 Å². The van der Waals surface area contributed by atoms with Gasteiger partial charge < -0.3 is 36.5 Å². The lowest BCUT2D eigenvalue weighted by atomic mass is 10.2. The molecule has 1 rings (SSSR count). The maximum absolute atomic E-state index is 11.2. The van der Waals surface area contributed by atoms with Crippen molar-refractivity contribution in [3.05, 3.63) is 0 Å². The molecule has 4 atom stereocenters. The lowest BCUT2D eigenvalue weighted by Gasteiger charge is -2.19. The van der Waals surface area contributed by atoms with Crippen LogP contribution in [0.25, 0.3) is 0 Å². The van der Waals surface area contributed by atoms with Gasteiger partial charge in [-0.3, -0.25) is 14.5 Å². The summed E-state index contributed by atoms with van der Waals surface area (Å²) in [6, 6.07) is 0. The molecule has 4 unspecified atom stereocenters.